The molecule has 0 spiro atoms. The number of likely N-dealkylation sites (tertiary alicyclic amines) is 1. The topological polar surface area (TPSA) is 57.6 Å². The van der Waals surface area contributed by atoms with Crippen molar-refractivity contribution in [3.8, 4) is 0 Å². The van der Waals surface area contributed by atoms with Crippen LogP contribution in [-0.4, -0.2) is 34.5 Å². The molecule has 1 saturated heterocycles. The van der Waals surface area contributed by atoms with Gasteiger partial charge in [-0.2, -0.15) is 0 Å². The molecule has 1 atom stereocenters. The van der Waals surface area contributed by atoms with Crippen molar-refractivity contribution in [3.63, 3.8) is 0 Å². The van der Waals surface area contributed by atoms with E-state index < -0.39 is 12.0 Å². The molecule has 1 aromatic rings. The molecule has 1 N–H and O–H groups in total. The van der Waals surface area contributed by atoms with E-state index in [1.807, 2.05) is 13.0 Å². The number of thiophene rings is 1. The number of rotatable bonds is 4. The molecule has 19 heavy (non-hydrogen) atoms. The summed E-state index contributed by atoms with van der Waals surface area (Å²) in [4.78, 5) is 26.9. The van der Waals surface area contributed by atoms with E-state index in [1.54, 1.807) is 0 Å². The van der Waals surface area contributed by atoms with Crippen molar-refractivity contribution in [2.45, 2.75) is 45.6 Å². The maximum atomic E-state index is 12.4. The summed E-state index contributed by atoms with van der Waals surface area (Å²) in [6.45, 7) is 4.68. The van der Waals surface area contributed by atoms with Crippen LogP contribution >= 0.6 is 11.3 Å². The zero-order valence-electron chi connectivity index (χ0n) is 11.3. The Kier molecular flexibility index (Phi) is 4.24. The molecule has 2 rings (SSSR count). The van der Waals surface area contributed by atoms with Gasteiger partial charge in [0.2, 0.25) is 0 Å². The minimum atomic E-state index is -0.895. The number of hydrogen-bond acceptors (Lipinski definition) is 3. The predicted octanol–water partition coefficient (Wildman–Crippen LogP) is 2.70. The first-order valence-electron chi connectivity index (χ1n) is 6.67. The van der Waals surface area contributed by atoms with Gasteiger partial charge in [0.25, 0.3) is 5.91 Å². The highest BCUT2D eigenvalue weighted by Gasteiger charge is 2.35. The highest BCUT2D eigenvalue weighted by atomic mass is 32.1. The van der Waals surface area contributed by atoms with Gasteiger partial charge in [0.1, 0.15) is 6.04 Å². The van der Waals surface area contributed by atoms with Gasteiger partial charge in [0.15, 0.2) is 0 Å². The number of aryl methyl sites for hydroxylation is 2. The molecule has 0 unspecified atom stereocenters. The number of carboxylic acids is 1. The summed E-state index contributed by atoms with van der Waals surface area (Å²) in [5.74, 6) is -1.02. The van der Waals surface area contributed by atoms with Gasteiger partial charge in [-0.25, -0.2) is 4.79 Å². The van der Waals surface area contributed by atoms with E-state index >= 15 is 0 Å². The SMILES string of the molecule is CCCc1cc(C(=O)N2CCC[C@H]2C(=O)O)sc1C. The first-order valence-corrected chi connectivity index (χ1v) is 7.49. The van der Waals surface area contributed by atoms with Crippen molar-refractivity contribution >= 4 is 23.2 Å². The molecule has 0 aliphatic carbocycles. The average Bonchev–Trinajstić information content (AvgIpc) is 2.96. The number of aliphatic carboxylic acids is 1. The molecular formula is C14H19NO3S. The van der Waals surface area contributed by atoms with E-state index in [0.29, 0.717) is 17.8 Å². The highest BCUT2D eigenvalue weighted by molar-refractivity contribution is 7.14. The van der Waals surface area contributed by atoms with Crippen LogP contribution in [0.2, 0.25) is 0 Å². The Morgan fingerprint density at radius 1 is 1.53 bits per heavy atom. The zero-order chi connectivity index (χ0) is 14.0. The molecule has 0 radical (unpaired) electrons. The Hall–Kier alpha value is -1.36. The molecule has 104 valence electrons. The van der Waals surface area contributed by atoms with Crippen molar-refractivity contribution in [3.05, 3.63) is 21.4 Å². The average molecular weight is 281 g/mol. The van der Waals surface area contributed by atoms with Crippen LogP contribution in [0, 0.1) is 6.92 Å². The van der Waals surface area contributed by atoms with E-state index in [2.05, 4.69) is 6.92 Å². The lowest BCUT2D eigenvalue weighted by Crippen LogP contribution is -2.40. The molecule has 4 nitrogen and oxygen atoms in total. The number of amides is 1. The molecule has 5 heteroatoms. The van der Waals surface area contributed by atoms with Crippen LogP contribution in [0.3, 0.4) is 0 Å². The minimum Gasteiger partial charge on any atom is -0.480 e. The number of nitrogens with zero attached hydrogens (tertiary/aromatic N) is 1. The molecule has 1 aliphatic rings. The maximum absolute atomic E-state index is 12.4. The number of carbonyl (C=O) groups excluding carboxylic acids is 1. The molecule has 0 bridgehead atoms. The van der Waals surface area contributed by atoms with Gasteiger partial charge in [-0.1, -0.05) is 13.3 Å². The third-order valence-electron chi connectivity index (χ3n) is 3.55. The third-order valence-corrected chi connectivity index (χ3v) is 4.63. The van der Waals surface area contributed by atoms with Crippen LogP contribution in [-0.2, 0) is 11.2 Å². The summed E-state index contributed by atoms with van der Waals surface area (Å²) in [7, 11) is 0. The summed E-state index contributed by atoms with van der Waals surface area (Å²) in [6.07, 6.45) is 3.35. The fraction of sp³-hybridized carbons (Fsp3) is 0.571. The second-order valence-corrected chi connectivity index (χ2v) is 6.19. The van der Waals surface area contributed by atoms with Crippen LogP contribution in [0.4, 0.5) is 0 Å². The smallest absolute Gasteiger partial charge is 0.326 e. The van der Waals surface area contributed by atoms with Gasteiger partial charge in [-0.15, -0.1) is 11.3 Å². The molecule has 2 heterocycles. The summed E-state index contributed by atoms with van der Waals surface area (Å²) in [5.41, 5.74) is 1.21. The van der Waals surface area contributed by atoms with Crippen molar-refractivity contribution in [2.24, 2.45) is 0 Å². The van der Waals surface area contributed by atoms with Gasteiger partial charge in [-0.3, -0.25) is 4.79 Å². The summed E-state index contributed by atoms with van der Waals surface area (Å²) in [5, 5.41) is 9.13. The number of carboxylic acid groups (broad SMARTS) is 1. The van der Waals surface area contributed by atoms with Gasteiger partial charge >= 0.3 is 5.97 Å². The van der Waals surface area contributed by atoms with Gasteiger partial charge < -0.3 is 10.0 Å². The van der Waals surface area contributed by atoms with Gasteiger partial charge in [0, 0.05) is 11.4 Å². The normalized spacial score (nSPS) is 18.8. The Bertz CT molecular complexity index is 495. The van der Waals surface area contributed by atoms with E-state index in [-0.39, 0.29) is 5.91 Å². The van der Waals surface area contributed by atoms with Gasteiger partial charge in [-0.05, 0) is 37.8 Å². The van der Waals surface area contributed by atoms with Gasteiger partial charge in [0.05, 0.1) is 4.88 Å². The minimum absolute atomic E-state index is 0.125. The van der Waals surface area contributed by atoms with Crippen molar-refractivity contribution in [1.29, 1.82) is 0 Å². The molecule has 1 amide bonds. The van der Waals surface area contributed by atoms with E-state index in [0.717, 1.165) is 24.1 Å². The van der Waals surface area contributed by atoms with E-state index in [9.17, 15) is 9.59 Å². The largest absolute Gasteiger partial charge is 0.480 e. The molecule has 0 saturated carbocycles. The molecule has 1 aromatic heterocycles. The first kappa shape index (κ1) is 14.1. The van der Waals surface area contributed by atoms with Crippen LogP contribution < -0.4 is 0 Å². The fourth-order valence-corrected chi connectivity index (χ4v) is 3.58. The lowest BCUT2D eigenvalue weighted by Gasteiger charge is -2.20. The second-order valence-electron chi connectivity index (χ2n) is 4.94. The zero-order valence-corrected chi connectivity index (χ0v) is 12.1. The van der Waals surface area contributed by atoms with Crippen molar-refractivity contribution < 1.29 is 14.7 Å². The first-order chi connectivity index (χ1) is 9.04. The van der Waals surface area contributed by atoms with Crippen LogP contribution in [0.5, 0.6) is 0 Å². The maximum Gasteiger partial charge on any atom is 0.326 e. The van der Waals surface area contributed by atoms with Crippen LogP contribution in [0.15, 0.2) is 6.07 Å². The standard InChI is InChI=1S/C14H19NO3S/c1-3-5-10-8-12(19-9(10)2)13(16)15-7-4-6-11(15)14(17)18/h8,11H,3-7H2,1-2H3,(H,17,18)/t11-/m0/s1. The molecule has 0 aromatic carbocycles. The van der Waals surface area contributed by atoms with Crippen molar-refractivity contribution in [2.75, 3.05) is 6.54 Å². The van der Waals surface area contributed by atoms with E-state index in [1.165, 1.54) is 21.8 Å². The molecule has 1 aliphatic heterocycles. The summed E-state index contributed by atoms with van der Waals surface area (Å²) in [6, 6.07) is 1.29. The Morgan fingerprint density at radius 2 is 2.26 bits per heavy atom. The Morgan fingerprint density at radius 3 is 2.89 bits per heavy atom. The lowest BCUT2D eigenvalue weighted by atomic mass is 10.1. The summed E-state index contributed by atoms with van der Waals surface area (Å²) >= 11 is 1.48. The third kappa shape index (κ3) is 2.81. The molecule has 1 fully saturated rings. The van der Waals surface area contributed by atoms with Crippen LogP contribution in [0.25, 0.3) is 0 Å². The number of carbonyl (C=O) groups is 2. The van der Waals surface area contributed by atoms with Crippen molar-refractivity contribution in [1.82, 2.24) is 4.90 Å². The van der Waals surface area contributed by atoms with Crippen LogP contribution in [0.1, 0.15) is 46.3 Å². The predicted molar refractivity (Wildman–Crippen MR) is 74.7 cm³/mol. The van der Waals surface area contributed by atoms with E-state index in [4.69, 9.17) is 5.11 Å². The monoisotopic (exact) mass is 281 g/mol. The fourth-order valence-electron chi connectivity index (χ4n) is 2.55. The summed E-state index contributed by atoms with van der Waals surface area (Å²) < 4.78 is 0. The Labute approximate surface area is 117 Å². The number of hydrogen-bond donors (Lipinski definition) is 1. The second kappa shape index (κ2) is 5.74. The highest BCUT2D eigenvalue weighted by Crippen LogP contribution is 2.27. The molecular weight excluding hydrogens is 262 g/mol. The Balaban J connectivity index is 2.19. The lowest BCUT2D eigenvalue weighted by molar-refractivity contribution is -0.141. The quantitative estimate of drug-likeness (QED) is 0.923.